The zero-order chi connectivity index (χ0) is 12.2. The molecule has 1 aromatic carbocycles. The fourth-order valence-electron chi connectivity index (χ4n) is 1.14. The summed E-state index contributed by atoms with van der Waals surface area (Å²) < 4.78 is 5.12. The van der Waals surface area contributed by atoms with Crippen molar-refractivity contribution < 1.29 is 9.53 Å². The van der Waals surface area contributed by atoms with Gasteiger partial charge in [0.15, 0.2) is 0 Å². The van der Waals surface area contributed by atoms with Crippen molar-refractivity contribution in [3.05, 3.63) is 42.5 Å². The van der Waals surface area contributed by atoms with Crippen LogP contribution in [0.25, 0.3) is 5.70 Å². The summed E-state index contributed by atoms with van der Waals surface area (Å²) in [6, 6.07) is 9.43. The first-order valence-corrected chi connectivity index (χ1v) is 5.13. The average Bonchev–Trinajstić information content (AvgIpc) is 2.16. The van der Waals surface area contributed by atoms with E-state index in [2.05, 4.69) is 11.9 Å². The number of hydrogen-bond acceptors (Lipinski definition) is 2. The molecule has 0 bridgehead atoms. The monoisotopic (exact) mass is 219 g/mol. The van der Waals surface area contributed by atoms with Crippen molar-refractivity contribution in [3.8, 4) is 0 Å². The molecule has 3 nitrogen and oxygen atoms in total. The van der Waals surface area contributed by atoms with Gasteiger partial charge < -0.3 is 4.74 Å². The number of alkyl carbamates (subject to hydrolysis) is 1. The van der Waals surface area contributed by atoms with Crippen molar-refractivity contribution >= 4 is 11.8 Å². The SMILES string of the molecule is C=C(NC(=O)OC(C)(C)C)c1ccccc1. The quantitative estimate of drug-likeness (QED) is 0.829. The minimum absolute atomic E-state index is 0.485. The second-order valence-corrected chi connectivity index (χ2v) is 4.47. The van der Waals surface area contributed by atoms with Crippen LogP contribution in [0.3, 0.4) is 0 Å². The fourth-order valence-corrected chi connectivity index (χ4v) is 1.14. The van der Waals surface area contributed by atoms with Crippen LogP contribution in [-0.4, -0.2) is 11.7 Å². The lowest BCUT2D eigenvalue weighted by molar-refractivity contribution is 0.0558. The summed E-state index contributed by atoms with van der Waals surface area (Å²) >= 11 is 0. The number of amides is 1. The summed E-state index contributed by atoms with van der Waals surface area (Å²) in [5, 5.41) is 2.60. The molecule has 0 heterocycles. The maximum absolute atomic E-state index is 11.4. The maximum atomic E-state index is 11.4. The second kappa shape index (κ2) is 4.84. The van der Waals surface area contributed by atoms with Crippen molar-refractivity contribution in [2.24, 2.45) is 0 Å². The molecule has 1 aromatic rings. The van der Waals surface area contributed by atoms with Gasteiger partial charge in [0.2, 0.25) is 0 Å². The lowest BCUT2D eigenvalue weighted by Crippen LogP contribution is -2.31. The predicted octanol–water partition coefficient (Wildman–Crippen LogP) is 3.18. The van der Waals surface area contributed by atoms with E-state index in [9.17, 15) is 4.79 Å². The zero-order valence-corrected chi connectivity index (χ0v) is 9.91. The van der Waals surface area contributed by atoms with Crippen LogP contribution < -0.4 is 5.32 Å². The number of nitrogens with one attached hydrogen (secondary N) is 1. The maximum Gasteiger partial charge on any atom is 0.412 e. The van der Waals surface area contributed by atoms with Crippen molar-refractivity contribution in [2.45, 2.75) is 26.4 Å². The van der Waals surface area contributed by atoms with Crippen LogP contribution in [0.4, 0.5) is 4.79 Å². The van der Waals surface area contributed by atoms with Crippen LogP contribution >= 0.6 is 0 Å². The lowest BCUT2D eigenvalue weighted by Gasteiger charge is -2.20. The Hall–Kier alpha value is -1.77. The van der Waals surface area contributed by atoms with E-state index in [1.807, 2.05) is 51.1 Å². The molecule has 0 aliphatic heterocycles. The van der Waals surface area contributed by atoms with E-state index in [0.717, 1.165) is 5.56 Å². The van der Waals surface area contributed by atoms with Crippen molar-refractivity contribution in [2.75, 3.05) is 0 Å². The molecule has 86 valence electrons. The van der Waals surface area contributed by atoms with E-state index >= 15 is 0 Å². The van der Waals surface area contributed by atoms with Gasteiger partial charge in [-0.25, -0.2) is 4.79 Å². The largest absolute Gasteiger partial charge is 0.444 e. The van der Waals surface area contributed by atoms with E-state index in [1.165, 1.54) is 0 Å². The molecule has 1 rings (SSSR count). The highest BCUT2D eigenvalue weighted by molar-refractivity contribution is 5.81. The van der Waals surface area contributed by atoms with Gasteiger partial charge in [-0.05, 0) is 26.3 Å². The van der Waals surface area contributed by atoms with E-state index in [0.29, 0.717) is 5.70 Å². The first-order chi connectivity index (χ1) is 7.38. The highest BCUT2D eigenvalue weighted by atomic mass is 16.6. The number of rotatable bonds is 2. The Morgan fingerprint density at radius 1 is 1.25 bits per heavy atom. The number of carbonyl (C=O) groups excluding carboxylic acids is 1. The summed E-state index contributed by atoms with van der Waals surface area (Å²) in [7, 11) is 0. The van der Waals surface area contributed by atoms with Crippen LogP contribution in [0.15, 0.2) is 36.9 Å². The summed E-state index contributed by atoms with van der Waals surface area (Å²) in [6.07, 6.45) is -0.485. The molecule has 16 heavy (non-hydrogen) atoms. The molecule has 0 radical (unpaired) electrons. The summed E-state index contributed by atoms with van der Waals surface area (Å²) in [5.74, 6) is 0. The molecule has 1 N–H and O–H groups in total. The van der Waals surface area contributed by atoms with Crippen LogP contribution in [0, 0.1) is 0 Å². The van der Waals surface area contributed by atoms with E-state index in [-0.39, 0.29) is 0 Å². The molecule has 0 saturated carbocycles. The Morgan fingerprint density at radius 2 is 1.81 bits per heavy atom. The number of ether oxygens (including phenoxy) is 1. The number of carbonyl (C=O) groups is 1. The van der Waals surface area contributed by atoms with Crippen molar-refractivity contribution in [3.63, 3.8) is 0 Å². The topological polar surface area (TPSA) is 38.3 Å². The molecule has 0 aromatic heterocycles. The molecule has 0 aliphatic carbocycles. The minimum Gasteiger partial charge on any atom is -0.444 e. The third-order valence-corrected chi connectivity index (χ3v) is 1.77. The molecular weight excluding hydrogens is 202 g/mol. The molecule has 0 atom stereocenters. The molecular formula is C13H17NO2. The Morgan fingerprint density at radius 3 is 2.31 bits per heavy atom. The van der Waals surface area contributed by atoms with E-state index in [4.69, 9.17) is 4.74 Å². The van der Waals surface area contributed by atoms with Gasteiger partial charge in [0, 0.05) is 5.70 Å². The van der Waals surface area contributed by atoms with Crippen LogP contribution in [0.5, 0.6) is 0 Å². The first kappa shape index (κ1) is 12.3. The molecule has 3 heteroatoms. The van der Waals surface area contributed by atoms with Gasteiger partial charge in [-0.1, -0.05) is 36.9 Å². The molecule has 0 unspecified atom stereocenters. The Kier molecular flexibility index (Phi) is 3.72. The molecule has 0 saturated heterocycles. The van der Waals surface area contributed by atoms with E-state index < -0.39 is 11.7 Å². The second-order valence-electron chi connectivity index (χ2n) is 4.47. The Balaban J connectivity index is 2.56. The van der Waals surface area contributed by atoms with Gasteiger partial charge >= 0.3 is 6.09 Å². The van der Waals surface area contributed by atoms with Crippen LogP contribution in [0.1, 0.15) is 26.3 Å². The zero-order valence-electron chi connectivity index (χ0n) is 9.91. The highest BCUT2D eigenvalue weighted by Gasteiger charge is 2.16. The Bertz CT molecular complexity index is 377. The minimum atomic E-state index is -0.499. The van der Waals surface area contributed by atoms with Crippen molar-refractivity contribution in [1.82, 2.24) is 5.32 Å². The normalized spacial score (nSPS) is 10.7. The third kappa shape index (κ3) is 4.17. The third-order valence-electron chi connectivity index (χ3n) is 1.77. The standard InChI is InChI=1S/C13H17NO2/c1-10(11-8-6-5-7-9-11)14-12(15)16-13(2,3)4/h5-9H,1H2,2-4H3,(H,14,15). The predicted molar refractivity (Wildman–Crippen MR) is 64.8 cm³/mol. The molecule has 0 spiro atoms. The van der Waals surface area contributed by atoms with Gasteiger partial charge in [0.25, 0.3) is 0 Å². The van der Waals surface area contributed by atoms with Crippen LogP contribution in [-0.2, 0) is 4.74 Å². The lowest BCUT2D eigenvalue weighted by atomic mass is 10.2. The van der Waals surface area contributed by atoms with Gasteiger partial charge in [-0.2, -0.15) is 0 Å². The highest BCUT2D eigenvalue weighted by Crippen LogP contribution is 2.11. The summed E-state index contributed by atoms with van der Waals surface area (Å²) in [4.78, 5) is 11.4. The van der Waals surface area contributed by atoms with Crippen LogP contribution in [0.2, 0.25) is 0 Å². The van der Waals surface area contributed by atoms with Gasteiger partial charge in [0.05, 0.1) is 0 Å². The molecule has 0 aliphatic rings. The first-order valence-electron chi connectivity index (χ1n) is 5.13. The number of hydrogen-bond donors (Lipinski definition) is 1. The van der Waals surface area contributed by atoms with E-state index in [1.54, 1.807) is 0 Å². The van der Waals surface area contributed by atoms with Gasteiger partial charge in [0.1, 0.15) is 5.60 Å². The summed E-state index contributed by atoms with van der Waals surface area (Å²) in [6.45, 7) is 9.23. The molecule has 0 fully saturated rings. The fraction of sp³-hybridized carbons (Fsp3) is 0.308. The van der Waals surface area contributed by atoms with Gasteiger partial charge in [-0.15, -0.1) is 0 Å². The smallest absolute Gasteiger partial charge is 0.412 e. The Labute approximate surface area is 96.1 Å². The average molecular weight is 219 g/mol. The number of benzene rings is 1. The van der Waals surface area contributed by atoms with Crippen molar-refractivity contribution in [1.29, 1.82) is 0 Å². The van der Waals surface area contributed by atoms with Gasteiger partial charge in [-0.3, -0.25) is 5.32 Å². The summed E-state index contributed by atoms with van der Waals surface area (Å²) in [5.41, 5.74) is 0.907. The molecule has 1 amide bonds.